The molecule has 1 aromatic heterocycles. The van der Waals surface area contributed by atoms with Crippen LogP contribution in [0.1, 0.15) is 0 Å². The molecule has 0 atom stereocenters. The zero-order valence-corrected chi connectivity index (χ0v) is 11.1. The molecule has 0 aliphatic heterocycles. The van der Waals surface area contributed by atoms with Crippen molar-refractivity contribution in [3.8, 4) is 11.3 Å². The van der Waals surface area contributed by atoms with Crippen LogP contribution in [0.3, 0.4) is 0 Å². The normalized spacial score (nSPS) is 11.2. The molecule has 0 bridgehead atoms. The first-order valence-electron chi connectivity index (χ1n) is 5.48. The standard InChI is InChI=1S/C14H7BrF3N/c15-12-10-5-9(17)6-11(18)14(10)19-13(12)7-1-3-8(16)4-2-7/h1-6,19H. The van der Waals surface area contributed by atoms with Crippen LogP contribution in [-0.2, 0) is 0 Å². The second kappa shape index (κ2) is 4.42. The summed E-state index contributed by atoms with van der Waals surface area (Å²) in [5, 5.41) is 0.414. The first-order chi connectivity index (χ1) is 9.06. The fourth-order valence-corrected chi connectivity index (χ4v) is 2.64. The molecule has 3 aromatic rings. The van der Waals surface area contributed by atoms with Crippen molar-refractivity contribution in [1.29, 1.82) is 0 Å². The molecule has 0 aliphatic carbocycles. The van der Waals surface area contributed by atoms with Gasteiger partial charge in [-0.3, -0.25) is 0 Å². The lowest BCUT2D eigenvalue weighted by Crippen LogP contribution is -1.81. The van der Waals surface area contributed by atoms with Gasteiger partial charge in [-0.2, -0.15) is 0 Å². The molecular formula is C14H7BrF3N. The van der Waals surface area contributed by atoms with Crippen molar-refractivity contribution in [1.82, 2.24) is 4.98 Å². The lowest BCUT2D eigenvalue weighted by molar-refractivity contribution is 0.591. The minimum Gasteiger partial charge on any atom is -0.351 e. The number of hydrogen-bond donors (Lipinski definition) is 1. The summed E-state index contributed by atoms with van der Waals surface area (Å²) >= 11 is 3.32. The quantitative estimate of drug-likeness (QED) is 0.647. The molecule has 1 heterocycles. The van der Waals surface area contributed by atoms with Gasteiger partial charge in [-0.1, -0.05) is 0 Å². The summed E-state index contributed by atoms with van der Waals surface area (Å²) in [6, 6.07) is 7.82. The van der Waals surface area contributed by atoms with Gasteiger partial charge in [0, 0.05) is 11.5 Å². The monoisotopic (exact) mass is 325 g/mol. The van der Waals surface area contributed by atoms with E-state index in [2.05, 4.69) is 20.9 Å². The highest BCUT2D eigenvalue weighted by Crippen LogP contribution is 2.36. The van der Waals surface area contributed by atoms with E-state index >= 15 is 0 Å². The van der Waals surface area contributed by atoms with Gasteiger partial charge < -0.3 is 4.98 Å². The summed E-state index contributed by atoms with van der Waals surface area (Å²) < 4.78 is 40.3. The van der Waals surface area contributed by atoms with Crippen molar-refractivity contribution in [2.75, 3.05) is 0 Å². The Labute approximate surface area is 115 Å². The Kier molecular flexibility index (Phi) is 2.86. The number of rotatable bonds is 1. The van der Waals surface area contributed by atoms with E-state index in [4.69, 9.17) is 0 Å². The Morgan fingerprint density at radius 3 is 2.26 bits per heavy atom. The molecule has 0 saturated heterocycles. The summed E-state index contributed by atoms with van der Waals surface area (Å²) in [7, 11) is 0. The fourth-order valence-electron chi connectivity index (χ4n) is 2.00. The van der Waals surface area contributed by atoms with Gasteiger partial charge in [0.25, 0.3) is 0 Å². The van der Waals surface area contributed by atoms with Crippen LogP contribution in [0.4, 0.5) is 13.2 Å². The first-order valence-corrected chi connectivity index (χ1v) is 6.27. The minimum absolute atomic E-state index is 0.215. The van der Waals surface area contributed by atoms with E-state index in [0.29, 0.717) is 21.1 Å². The van der Waals surface area contributed by atoms with E-state index in [1.807, 2.05) is 0 Å². The van der Waals surface area contributed by atoms with Crippen molar-refractivity contribution in [2.24, 2.45) is 0 Å². The Morgan fingerprint density at radius 2 is 1.58 bits per heavy atom. The number of aromatic amines is 1. The Balaban J connectivity index is 2.28. The molecule has 0 amide bonds. The number of hydrogen-bond acceptors (Lipinski definition) is 0. The highest BCUT2D eigenvalue weighted by Gasteiger charge is 2.15. The smallest absolute Gasteiger partial charge is 0.150 e. The van der Waals surface area contributed by atoms with Gasteiger partial charge in [0.05, 0.1) is 15.7 Å². The van der Waals surface area contributed by atoms with Crippen LogP contribution in [0.25, 0.3) is 22.2 Å². The molecule has 0 unspecified atom stereocenters. The van der Waals surface area contributed by atoms with Crippen LogP contribution in [-0.4, -0.2) is 4.98 Å². The van der Waals surface area contributed by atoms with Gasteiger partial charge >= 0.3 is 0 Å². The van der Waals surface area contributed by atoms with Crippen LogP contribution < -0.4 is 0 Å². The zero-order valence-electron chi connectivity index (χ0n) is 9.48. The first kappa shape index (κ1) is 12.3. The van der Waals surface area contributed by atoms with Crippen LogP contribution in [0.5, 0.6) is 0 Å². The summed E-state index contributed by atoms with van der Waals surface area (Å²) in [6.07, 6.45) is 0. The molecule has 0 saturated carbocycles. The predicted octanol–water partition coefficient (Wildman–Crippen LogP) is 5.01. The van der Waals surface area contributed by atoms with E-state index < -0.39 is 11.6 Å². The lowest BCUT2D eigenvalue weighted by atomic mass is 10.1. The Morgan fingerprint density at radius 1 is 0.895 bits per heavy atom. The number of benzene rings is 2. The zero-order chi connectivity index (χ0) is 13.6. The number of nitrogens with one attached hydrogen (secondary N) is 1. The number of halogens is 4. The molecule has 5 heteroatoms. The second-order valence-corrected chi connectivity index (χ2v) is 4.92. The molecule has 1 N–H and O–H groups in total. The van der Waals surface area contributed by atoms with Crippen LogP contribution >= 0.6 is 15.9 Å². The third-order valence-corrected chi connectivity index (χ3v) is 3.72. The van der Waals surface area contributed by atoms with Crippen LogP contribution in [0, 0.1) is 17.5 Å². The SMILES string of the molecule is Fc1ccc(-c2[nH]c3c(F)cc(F)cc3c2Br)cc1. The summed E-state index contributed by atoms with van der Waals surface area (Å²) in [4.78, 5) is 2.88. The molecular weight excluding hydrogens is 319 g/mol. The molecule has 0 aliphatic rings. The average Bonchev–Trinajstić information content (AvgIpc) is 2.69. The molecule has 0 radical (unpaired) electrons. The molecule has 0 fully saturated rings. The highest BCUT2D eigenvalue weighted by molar-refractivity contribution is 9.10. The molecule has 0 spiro atoms. The molecule has 2 aromatic carbocycles. The third-order valence-electron chi connectivity index (χ3n) is 2.89. The van der Waals surface area contributed by atoms with Gasteiger partial charge in [-0.25, -0.2) is 13.2 Å². The maximum Gasteiger partial charge on any atom is 0.150 e. The number of fused-ring (bicyclic) bond motifs is 1. The molecule has 96 valence electrons. The molecule has 19 heavy (non-hydrogen) atoms. The number of aromatic nitrogens is 1. The van der Waals surface area contributed by atoms with E-state index in [-0.39, 0.29) is 11.3 Å². The van der Waals surface area contributed by atoms with Gasteiger partial charge in [0.2, 0.25) is 0 Å². The highest BCUT2D eigenvalue weighted by atomic mass is 79.9. The van der Waals surface area contributed by atoms with E-state index in [9.17, 15) is 13.2 Å². The Hall–Kier alpha value is -1.75. The van der Waals surface area contributed by atoms with Gasteiger partial charge in [-0.15, -0.1) is 0 Å². The Bertz CT molecular complexity index is 762. The van der Waals surface area contributed by atoms with Gasteiger partial charge in [0.1, 0.15) is 17.5 Å². The topological polar surface area (TPSA) is 15.8 Å². The van der Waals surface area contributed by atoms with Crippen molar-refractivity contribution in [3.63, 3.8) is 0 Å². The van der Waals surface area contributed by atoms with E-state index in [1.165, 1.54) is 18.2 Å². The summed E-state index contributed by atoms with van der Waals surface area (Å²) in [5.74, 6) is -1.66. The van der Waals surface area contributed by atoms with Crippen LogP contribution in [0.15, 0.2) is 40.9 Å². The average molecular weight is 326 g/mol. The van der Waals surface area contributed by atoms with Crippen molar-refractivity contribution < 1.29 is 13.2 Å². The summed E-state index contributed by atoms with van der Waals surface area (Å²) in [5.41, 5.74) is 1.48. The third kappa shape index (κ3) is 2.04. The second-order valence-electron chi connectivity index (χ2n) is 4.13. The maximum absolute atomic E-state index is 13.7. The fraction of sp³-hybridized carbons (Fsp3) is 0. The summed E-state index contributed by atoms with van der Waals surface area (Å²) in [6.45, 7) is 0. The lowest BCUT2D eigenvalue weighted by Gasteiger charge is -1.98. The maximum atomic E-state index is 13.7. The number of H-pyrrole nitrogens is 1. The largest absolute Gasteiger partial charge is 0.351 e. The van der Waals surface area contributed by atoms with Crippen molar-refractivity contribution in [3.05, 3.63) is 58.3 Å². The van der Waals surface area contributed by atoms with Crippen molar-refractivity contribution >= 4 is 26.8 Å². The molecule has 3 rings (SSSR count). The predicted molar refractivity (Wildman–Crippen MR) is 71.3 cm³/mol. The van der Waals surface area contributed by atoms with Gasteiger partial charge in [0.15, 0.2) is 0 Å². The molecule has 1 nitrogen and oxygen atoms in total. The van der Waals surface area contributed by atoms with Crippen molar-refractivity contribution in [2.45, 2.75) is 0 Å². The van der Waals surface area contributed by atoms with E-state index in [1.54, 1.807) is 12.1 Å². The van der Waals surface area contributed by atoms with E-state index in [0.717, 1.165) is 6.07 Å². The minimum atomic E-state index is -0.663. The van der Waals surface area contributed by atoms with Gasteiger partial charge in [-0.05, 0) is 51.8 Å². The van der Waals surface area contributed by atoms with Crippen LogP contribution in [0.2, 0.25) is 0 Å².